The van der Waals surface area contributed by atoms with Crippen molar-refractivity contribution in [2.24, 2.45) is 0 Å². The van der Waals surface area contributed by atoms with Gasteiger partial charge in [-0.25, -0.2) is 12.8 Å². The molecule has 3 rings (SSSR count). The lowest BCUT2D eigenvalue weighted by Crippen LogP contribution is -2.15. The number of nitrogens with one attached hydrogen (secondary N) is 1. The number of rotatable bonds is 5. The standard InChI is InChI=1S/C20H22FN3O2S/c1-13-5-6-14(2)19(11-13)27(25,26)23-20-15(3)22-24(16(20)4)12-17-7-9-18(21)10-8-17/h5-11,23H,12H2,1-4H3. The molecular weight excluding hydrogens is 365 g/mol. The number of aromatic nitrogens is 2. The lowest BCUT2D eigenvalue weighted by molar-refractivity contribution is 0.600. The molecule has 0 atom stereocenters. The number of hydrogen-bond acceptors (Lipinski definition) is 3. The van der Waals surface area contributed by atoms with E-state index < -0.39 is 10.0 Å². The van der Waals surface area contributed by atoms with Crippen molar-refractivity contribution in [1.82, 2.24) is 9.78 Å². The van der Waals surface area contributed by atoms with Gasteiger partial charge in [-0.15, -0.1) is 0 Å². The highest BCUT2D eigenvalue weighted by molar-refractivity contribution is 7.92. The number of benzene rings is 2. The topological polar surface area (TPSA) is 64.0 Å². The van der Waals surface area contributed by atoms with Gasteiger partial charge in [0.25, 0.3) is 10.0 Å². The molecule has 1 N–H and O–H groups in total. The van der Waals surface area contributed by atoms with Crippen LogP contribution in [0.5, 0.6) is 0 Å². The largest absolute Gasteiger partial charge is 0.276 e. The summed E-state index contributed by atoms with van der Waals surface area (Å²) in [7, 11) is -3.73. The molecule has 0 aliphatic rings. The molecule has 0 aliphatic carbocycles. The minimum absolute atomic E-state index is 0.257. The third kappa shape index (κ3) is 4.03. The van der Waals surface area contributed by atoms with Crippen LogP contribution in [0.4, 0.5) is 10.1 Å². The van der Waals surface area contributed by atoms with Crippen molar-refractivity contribution in [1.29, 1.82) is 0 Å². The third-order valence-electron chi connectivity index (χ3n) is 4.50. The molecule has 0 bridgehead atoms. The highest BCUT2D eigenvalue weighted by atomic mass is 32.2. The molecular formula is C20H22FN3O2S. The summed E-state index contributed by atoms with van der Waals surface area (Å²) in [6.07, 6.45) is 0. The Hall–Kier alpha value is -2.67. The van der Waals surface area contributed by atoms with Crippen molar-refractivity contribution in [3.63, 3.8) is 0 Å². The second kappa shape index (κ2) is 7.15. The first-order chi connectivity index (χ1) is 12.7. The molecule has 0 fully saturated rings. The molecule has 1 heterocycles. The van der Waals surface area contributed by atoms with Crippen molar-refractivity contribution >= 4 is 15.7 Å². The molecule has 1 aromatic heterocycles. The van der Waals surface area contributed by atoms with Crippen LogP contribution >= 0.6 is 0 Å². The quantitative estimate of drug-likeness (QED) is 0.717. The van der Waals surface area contributed by atoms with Crippen LogP contribution in [0.15, 0.2) is 47.4 Å². The van der Waals surface area contributed by atoms with E-state index in [-0.39, 0.29) is 10.7 Å². The van der Waals surface area contributed by atoms with E-state index in [2.05, 4.69) is 9.82 Å². The van der Waals surface area contributed by atoms with Crippen molar-refractivity contribution in [2.45, 2.75) is 39.1 Å². The van der Waals surface area contributed by atoms with E-state index >= 15 is 0 Å². The fourth-order valence-corrected chi connectivity index (χ4v) is 4.45. The van der Waals surface area contributed by atoms with E-state index in [0.29, 0.717) is 29.2 Å². The van der Waals surface area contributed by atoms with Crippen molar-refractivity contribution < 1.29 is 12.8 Å². The first kappa shape index (κ1) is 19.1. The summed E-state index contributed by atoms with van der Waals surface area (Å²) in [5, 5.41) is 4.44. The Morgan fingerprint density at radius 3 is 2.37 bits per heavy atom. The van der Waals surface area contributed by atoms with Gasteiger partial charge in [-0.1, -0.05) is 24.3 Å². The molecule has 7 heteroatoms. The maximum Gasteiger partial charge on any atom is 0.262 e. The van der Waals surface area contributed by atoms with Gasteiger partial charge in [0.05, 0.1) is 28.5 Å². The van der Waals surface area contributed by atoms with Crippen LogP contribution in [0.25, 0.3) is 0 Å². The second-order valence-corrected chi connectivity index (χ2v) is 8.36. The highest BCUT2D eigenvalue weighted by Crippen LogP contribution is 2.26. The molecule has 0 radical (unpaired) electrons. The molecule has 0 spiro atoms. The minimum Gasteiger partial charge on any atom is -0.276 e. The molecule has 0 aliphatic heterocycles. The minimum atomic E-state index is -3.73. The zero-order valence-electron chi connectivity index (χ0n) is 15.7. The van der Waals surface area contributed by atoms with Gasteiger partial charge < -0.3 is 0 Å². The van der Waals surface area contributed by atoms with Gasteiger partial charge in [0.2, 0.25) is 0 Å². The summed E-state index contributed by atoms with van der Waals surface area (Å²) in [6, 6.07) is 11.5. The van der Waals surface area contributed by atoms with Gasteiger partial charge in [-0.3, -0.25) is 9.40 Å². The van der Waals surface area contributed by atoms with E-state index in [1.165, 1.54) is 12.1 Å². The van der Waals surface area contributed by atoms with Gasteiger partial charge in [0.1, 0.15) is 5.82 Å². The number of nitrogens with zero attached hydrogens (tertiary/aromatic N) is 2. The smallest absolute Gasteiger partial charge is 0.262 e. The van der Waals surface area contributed by atoms with E-state index in [0.717, 1.165) is 11.1 Å². The molecule has 142 valence electrons. The highest BCUT2D eigenvalue weighted by Gasteiger charge is 2.21. The number of hydrogen-bond donors (Lipinski definition) is 1. The predicted octanol–water partition coefficient (Wildman–Crippen LogP) is 4.10. The van der Waals surface area contributed by atoms with Crippen LogP contribution in [0, 0.1) is 33.5 Å². The molecule has 0 saturated heterocycles. The maximum atomic E-state index is 13.1. The summed E-state index contributed by atoms with van der Waals surface area (Å²) in [5.74, 6) is -0.297. The molecule has 27 heavy (non-hydrogen) atoms. The van der Waals surface area contributed by atoms with E-state index in [1.54, 1.807) is 42.8 Å². The van der Waals surface area contributed by atoms with E-state index in [4.69, 9.17) is 0 Å². The zero-order chi connectivity index (χ0) is 19.8. The molecule has 5 nitrogen and oxygen atoms in total. The number of aryl methyl sites for hydroxylation is 3. The first-order valence-corrected chi connectivity index (χ1v) is 10.0. The third-order valence-corrected chi connectivity index (χ3v) is 5.99. The molecule has 0 unspecified atom stereocenters. The van der Waals surface area contributed by atoms with E-state index in [9.17, 15) is 12.8 Å². The summed E-state index contributed by atoms with van der Waals surface area (Å²) >= 11 is 0. The molecule has 2 aromatic carbocycles. The van der Waals surface area contributed by atoms with Gasteiger partial charge in [0, 0.05) is 0 Å². The van der Waals surface area contributed by atoms with Crippen LogP contribution in [-0.2, 0) is 16.6 Å². The molecule has 0 saturated carbocycles. The average Bonchev–Trinajstić information content (AvgIpc) is 2.86. The van der Waals surface area contributed by atoms with Gasteiger partial charge >= 0.3 is 0 Å². The van der Waals surface area contributed by atoms with Crippen LogP contribution in [0.3, 0.4) is 0 Å². The number of sulfonamides is 1. The normalized spacial score (nSPS) is 11.6. The monoisotopic (exact) mass is 387 g/mol. The first-order valence-electron chi connectivity index (χ1n) is 8.56. The van der Waals surface area contributed by atoms with Gasteiger partial charge in [-0.05, 0) is 62.6 Å². The average molecular weight is 387 g/mol. The Kier molecular flexibility index (Phi) is 5.06. The van der Waals surface area contributed by atoms with Gasteiger partial charge in [-0.2, -0.15) is 5.10 Å². The summed E-state index contributed by atoms with van der Waals surface area (Å²) in [6.45, 7) is 7.62. The molecule has 3 aromatic rings. The SMILES string of the molecule is Cc1ccc(C)c(S(=O)(=O)Nc2c(C)nn(Cc3ccc(F)cc3)c2C)c1. The van der Waals surface area contributed by atoms with Crippen LogP contribution in [0.2, 0.25) is 0 Å². The Morgan fingerprint density at radius 2 is 1.70 bits per heavy atom. The van der Waals surface area contributed by atoms with Crippen molar-refractivity contribution in [3.8, 4) is 0 Å². The van der Waals surface area contributed by atoms with Gasteiger partial charge in [0.15, 0.2) is 0 Å². The lowest BCUT2D eigenvalue weighted by atomic mass is 10.2. The Morgan fingerprint density at radius 1 is 1.04 bits per heavy atom. The lowest BCUT2D eigenvalue weighted by Gasteiger charge is -2.12. The second-order valence-electron chi connectivity index (χ2n) is 6.70. The number of anilines is 1. The summed E-state index contributed by atoms with van der Waals surface area (Å²) in [4.78, 5) is 0.257. The van der Waals surface area contributed by atoms with E-state index in [1.807, 2.05) is 19.9 Å². The maximum absolute atomic E-state index is 13.1. The zero-order valence-corrected chi connectivity index (χ0v) is 16.6. The fourth-order valence-electron chi connectivity index (χ4n) is 2.95. The Labute approximate surface area is 158 Å². The van der Waals surface area contributed by atoms with Crippen molar-refractivity contribution in [3.05, 3.63) is 76.4 Å². The van der Waals surface area contributed by atoms with Crippen LogP contribution in [0.1, 0.15) is 28.1 Å². The molecule has 0 amide bonds. The van der Waals surface area contributed by atoms with Crippen LogP contribution in [-0.4, -0.2) is 18.2 Å². The Balaban J connectivity index is 1.92. The fraction of sp³-hybridized carbons (Fsp3) is 0.250. The number of halogens is 1. The van der Waals surface area contributed by atoms with Crippen molar-refractivity contribution in [2.75, 3.05) is 4.72 Å². The van der Waals surface area contributed by atoms with Crippen LogP contribution < -0.4 is 4.72 Å². The summed E-state index contributed by atoms with van der Waals surface area (Å²) in [5.41, 5.74) is 4.20. The predicted molar refractivity (Wildman–Crippen MR) is 104 cm³/mol. The summed E-state index contributed by atoms with van der Waals surface area (Å²) < 4.78 is 43.3. The Bertz CT molecular complexity index is 1090.